The van der Waals surface area contributed by atoms with Crippen LogP contribution in [-0.4, -0.2) is 26.0 Å². The Labute approximate surface area is 150 Å². The fourth-order valence-corrected chi connectivity index (χ4v) is 3.86. The maximum Gasteiger partial charge on any atom is 0.387 e. The van der Waals surface area contributed by atoms with Crippen LogP contribution in [0.15, 0.2) is 12.1 Å². The van der Waals surface area contributed by atoms with Gasteiger partial charge in [0.1, 0.15) is 5.75 Å². The molecule has 142 valence electrons. The largest absolute Gasteiger partial charge is 0.454 e. The Morgan fingerprint density at radius 2 is 1.96 bits per heavy atom. The van der Waals surface area contributed by atoms with Gasteiger partial charge < -0.3 is 24.8 Å². The summed E-state index contributed by atoms with van der Waals surface area (Å²) in [6, 6.07) is 2.61. The molecule has 3 aliphatic rings. The van der Waals surface area contributed by atoms with E-state index >= 15 is 0 Å². The minimum absolute atomic E-state index is 0.0296. The summed E-state index contributed by atoms with van der Waals surface area (Å²) in [7, 11) is 0. The molecule has 4 rings (SSSR count). The highest BCUT2D eigenvalue weighted by Gasteiger charge is 2.48. The highest BCUT2D eigenvalue weighted by atomic mass is 19.3. The summed E-state index contributed by atoms with van der Waals surface area (Å²) in [5.74, 6) is 1.52. The van der Waals surface area contributed by atoms with E-state index in [1.807, 2.05) is 0 Å². The number of carbonyl (C=O) groups excluding carboxylic acids is 1. The van der Waals surface area contributed by atoms with Gasteiger partial charge in [0.15, 0.2) is 11.5 Å². The van der Waals surface area contributed by atoms with Crippen LogP contribution in [0.25, 0.3) is 0 Å². The molecule has 8 heteroatoms. The minimum Gasteiger partial charge on any atom is -0.454 e. The Kier molecular flexibility index (Phi) is 4.50. The van der Waals surface area contributed by atoms with E-state index in [4.69, 9.17) is 9.47 Å². The number of ether oxygens (including phenoxy) is 3. The average molecular weight is 368 g/mol. The maximum atomic E-state index is 12.6. The second-order valence-electron chi connectivity index (χ2n) is 7.22. The van der Waals surface area contributed by atoms with Crippen molar-refractivity contribution in [2.75, 3.05) is 13.3 Å². The molecule has 2 aliphatic carbocycles. The monoisotopic (exact) mass is 368 g/mol. The number of amides is 2. The van der Waals surface area contributed by atoms with Crippen molar-refractivity contribution in [3.8, 4) is 17.2 Å². The van der Waals surface area contributed by atoms with Gasteiger partial charge in [-0.1, -0.05) is 6.42 Å². The molecule has 2 N–H and O–H groups in total. The van der Waals surface area contributed by atoms with Crippen molar-refractivity contribution in [1.29, 1.82) is 0 Å². The van der Waals surface area contributed by atoms with Gasteiger partial charge in [-0.15, -0.1) is 0 Å². The van der Waals surface area contributed by atoms with E-state index in [1.165, 1.54) is 38.2 Å². The van der Waals surface area contributed by atoms with Crippen LogP contribution in [0.3, 0.4) is 0 Å². The SMILES string of the molecule is O=C(NCc1cc2c(cc1OC(F)F)OCO2)NCC1(C2CC2)CCC1. The average Bonchev–Trinajstić information content (AvgIpc) is 3.30. The fraction of sp³-hybridized carbons (Fsp3) is 0.611. The number of nitrogens with one attached hydrogen (secondary N) is 2. The topological polar surface area (TPSA) is 68.8 Å². The first kappa shape index (κ1) is 17.2. The molecule has 2 saturated carbocycles. The predicted octanol–water partition coefficient (Wildman–Crippen LogP) is 3.40. The van der Waals surface area contributed by atoms with Crippen molar-refractivity contribution in [1.82, 2.24) is 10.6 Å². The molecule has 6 nitrogen and oxygen atoms in total. The van der Waals surface area contributed by atoms with Crippen molar-refractivity contribution in [3.63, 3.8) is 0 Å². The Morgan fingerprint density at radius 3 is 2.58 bits per heavy atom. The first-order valence-electron chi connectivity index (χ1n) is 8.95. The molecule has 0 aromatic heterocycles. The van der Waals surface area contributed by atoms with Crippen LogP contribution in [0.1, 0.15) is 37.7 Å². The van der Waals surface area contributed by atoms with E-state index in [0.717, 1.165) is 5.92 Å². The number of rotatable bonds is 7. The van der Waals surface area contributed by atoms with E-state index in [9.17, 15) is 13.6 Å². The minimum atomic E-state index is -2.96. The van der Waals surface area contributed by atoms with Gasteiger partial charge in [-0.2, -0.15) is 8.78 Å². The predicted molar refractivity (Wildman–Crippen MR) is 88.4 cm³/mol. The van der Waals surface area contributed by atoms with Gasteiger partial charge in [0, 0.05) is 24.7 Å². The van der Waals surface area contributed by atoms with Crippen molar-refractivity contribution in [3.05, 3.63) is 17.7 Å². The third-order valence-corrected chi connectivity index (χ3v) is 5.60. The van der Waals surface area contributed by atoms with Crippen LogP contribution < -0.4 is 24.8 Å². The first-order valence-corrected chi connectivity index (χ1v) is 8.95. The third-order valence-electron chi connectivity index (χ3n) is 5.60. The first-order chi connectivity index (χ1) is 12.6. The smallest absolute Gasteiger partial charge is 0.387 e. The van der Waals surface area contributed by atoms with Gasteiger partial charge in [-0.3, -0.25) is 0 Å². The molecule has 2 fully saturated rings. The van der Waals surface area contributed by atoms with Crippen LogP contribution in [-0.2, 0) is 6.54 Å². The van der Waals surface area contributed by atoms with E-state index in [2.05, 4.69) is 15.4 Å². The zero-order valence-electron chi connectivity index (χ0n) is 14.4. The van der Waals surface area contributed by atoms with Crippen LogP contribution in [0.5, 0.6) is 17.2 Å². The Morgan fingerprint density at radius 1 is 1.23 bits per heavy atom. The Balaban J connectivity index is 1.35. The number of carbonyl (C=O) groups is 1. The van der Waals surface area contributed by atoms with Crippen LogP contribution in [0.4, 0.5) is 13.6 Å². The van der Waals surface area contributed by atoms with E-state index in [-0.39, 0.29) is 30.5 Å². The number of urea groups is 1. The summed E-state index contributed by atoms with van der Waals surface area (Å²) < 4.78 is 40.3. The second kappa shape index (κ2) is 6.81. The molecule has 1 heterocycles. The lowest BCUT2D eigenvalue weighted by atomic mass is 9.65. The van der Waals surface area contributed by atoms with Gasteiger partial charge in [0.25, 0.3) is 0 Å². The summed E-state index contributed by atoms with van der Waals surface area (Å²) in [5, 5.41) is 5.65. The van der Waals surface area contributed by atoms with Gasteiger partial charge in [0.2, 0.25) is 6.79 Å². The van der Waals surface area contributed by atoms with Crippen LogP contribution in [0, 0.1) is 11.3 Å². The molecule has 0 spiro atoms. The molecule has 1 aromatic carbocycles. The number of alkyl halides is 2. The van der Waals surface area contributed by atoms with Crippen molar-refractivity contribution in [2.45, 2.75) is 45.3 Å². The molecule has 0 radical (unpaired) electrons. The van der Waals surface area contributed by atoms with Crippen molar-refractivity contribution in [2.24, 2.45) is 11.3 Å². The Bertz CT molecular complexity index is 690. The quantitative estimate of drug-likeness (QED) is 0.774. The second-order valence-corrected chi connectivity index (χ2v) is 7.22. The molecule has 0 bridgehead atoms. The lowest BCUT2D eigenvalue weighted by Crippen LogP contribution is -2.46. The number of fused-ring (bicyclic) bond motifs is 1. The lowest BCUT2D eigenvalue weighted by Gasteiger charge is -2.42. The van der Waals surface area contributed by atoms with Crippen LogP contribution in [0.2, 0.25) is 0 Å². The molecule has 0 unspecified atom stereocenters. The number of hydrogen-bond donors (Lipinski definition) is 2. The van der Waals surface area contributed by atoms with E-state index in [1.54, 1.807) is 6.07 Å². The third kappa shape index (κ3) is 3.50. The van der Waals surface area contributed by atoms with Crippen molar-refractivity contribution >= 4 is 6.03 Å². The van der Waals surface area contributed by atoms with Gasteiger partial charge >= 0.3 is 12.6 Å². The van der Waals surface area contributed by atoms with Crippen molar-refractivity contribution < 1.29 is 27.8 Å². The van der Waals surface area contributed by atoms with Gasteiger partial charge in [-0.25, -0.2) is 4.79 Å². The number of halogens is 2. The lowest BCUT2D eigenvalue weighted by molar-refractivity contribution is -0.0505. The summed E-state index contributed by atoms with van der Waals surface area (Å²) in [5.41, 5.74) is 0.685. The molecular formula is C18H22F2N2O4. The highest BCUT2D eigenvalue weighted by Crippen LogP contribution is 2.56. The molecule has 0 atom stereocenters. The number of hydrogen-bond acceptors (Lipinski definition) is 4. The summed E-state index contributed by atoms with van der Waals surface area (Å²) in [4.78, 5) is 12.1. The summed E-state index contributed by atoms with van der Waals surface area (Å²) in [6.45, 7) is -2.20. The normalized spacial score (nSPS) is 19.8. The van der Waals surface area contributed by atoms with Gasteiger partial charge in [-0.05, 0) is 43.1 Å². The van der Waals surface area contributed by atoms with E-state index < -0.39 is 6.61 Å². The summed E-state index contributed by atoms with van der Waals surface area (Å²) >= 11 is 0. The standard InChI is InChI=1S/C18H22F2N2O4/c19-16(20)26-13-7-15-14(24-10-25-15)6-11(13)8-21-17(23)22-9-18(4-1-5-18)12-2-3-12/h6-7,12,16H,1-5,8-10H2,(H2,21,22,23). The number of benzene rings is 1. The molecule has 1 aromatic rings. The Hall–Kier alpha value is -2.25. The van der Waals surface area contributed by atoms with Gasteiger partial charge in [0.05, 0.1) is 0 Å². The highest BCUT2D eigenvalue weighted by molar-refractivity contribution is 5.74. The molecular weight excluding hydrogens is 346 g/mol. The zero-order valence-corrected chi connectivity index (χ0v) is 14.4. The summed E-state index contributed by atoms with van der Waals surface area (Å²) in [6.07, 6.45) is 6.09. The zero-order chi connectivity index (χ0) is 18.1. The molecule has 26 heavy (non-hydrogen) atoms. The fourth-order valence-electron chi connectivity index (χ4n) is 3.86. The molecule has 2 amide bonds. The maximum absolute atomic E-state index is 12.6. The van der Waals surface area contributed by atoms with E-state index in [0.29, 0.717) is 23.6 Å². The molecule has 0 saturated heterocycles. The van der Waals surface area contributed by atoms with Crippen LogP contribution >= 0.6 is 0 Å². The molecule has 1 aliphatic heterocycles.